The van der Waals surface area contributed by atoms with E-state index in [-0.39, 0.29) is 5.69 Å². The molecule has 0 spiro atoms. The van der Waals surface area contributed by atoms with Gasteiger partial charge in [-0.2, -0.15) is 0 Å². The molecule has 1 fully saturated rings. The van der Waals surface area contributed by atoms with Crippen LogP contribution in [0, 0.1) is 0 Å². The smallest absolute Gasteiger partial charge is 0.275 e. The summed E-state index contributed by atoms with van der Waals surface area (Å²) in [6.07, 6.45) is 7.79. The number of rotatable bonds is 4. The molecule has 23 heavy (non-hydrogen) atoms. The standard InChI is InChI=1S/C16H16Cl2N4O/c17-11-6-3-7-12(18)15(11)22-16(23)13-8-20-14(9-19-13)21-10-4-1-2-5-10/h3,6-10H,1-2,4-5H2,(H,20,21)(H,22,23). The molecular weight excluding hydrogens is 335 g/mol. The number of nitrogens with zero attached hydrogens (tertiary/aromatic N) is 2. The van der Waals surface area contributed by atoms with Crippen LogP contribution in [0.1, 0.15) is 36.2 Å². The molecule has 0 bridgehead atoms. The predicted octanol–water partition coefficient (Wildman–Crippen LogP) is 4.39. The molecule has 3 rings (SSSR count). The number of carbonyl (C=O) groups excluding carboxylic acids is 1. The van der Waals surface area contributed by atoms with Gasteiger partial charge in [-0.3, -0.25) is 4.79 Å². The van der Waals surface area contributed by atoms with Crippen LogP contribution in [0.25, 0.3) is 0 Å². The Morgan fingerprint density at radius 2 is 1.78 bits per heavy atom. The Balaban J connectivity index is 1.67. The van der Waals surface area contributed by atoms with Crippen LogP contribution in [0.3, 0.4) is 0 Å². The number of hydrogen-bond donors (Lipinski definition) is 2. The van der Waals surface area contributed by atoms with E-state index in [4.69, 9.17) is 23.2 Å². The van der Waals surface area contributed by atoms with Gasteiger partial charge in [0.2, 0.25) is 0 Å². The van der Waals surface area contributed by atoms with Crippen molar-refractivity contribution in [3.8, 4) is 0 Å². The lowest BCUT2D eigenvalue weighted by molar-refractivity contribution is 0.102. The Bertz CT molecular complexity index is 679. The average molecular weight is 351 g/mol. The van der Waals surface area contributed by atoms with E-state index in [9.17, 15) is 4.79 Å². The lowest BCUT2D eigenvalue weighted by Gasteiger charge is -2.12. The van der Waals surface area contributed by atoms with Gasteiger partial charge in [0.1, 0.15) is 11.5 Å². The fourth-order valence-corrected chi connectivity index (χ4v) is 3.09. The van der Waals surface area contributed by atoms with E-state index in [1.165, 1.54) is 19.0 Å². The maximum atomic E-state index is 12.2. The van der Waals surface area contributed by atoms with Gasteiger partial charge in [-0.25, -0.2) is 9.97 Å². The normalized spacial score (nSPS) is 14.7. The molecule has 0 radical (unpaired) electrons. The molecule has 7 heteroatoms. The van der Waals surface area contributed by atoms with Gasteiger partial charge in [-0.05, 0) is 25.0 Å². The summed E-state index contributed by atoms with van der Waals surface area (Å²) in [7, 11) is 0. The van der Waals surface area contributed by atoms with Crippen molar-refractivity contribution in [3.63, 3.8) is 0 Å². The maximum Gasteiger partial charge on any atom is 0.275 e. The predicted molar refractivity (Wildman–Crippen MR) is 92.3 cm³/mol. The average Bonchev–Trinajstić information content (AvgIpc) is 3.04. The first-order chi connectivity index (χ1) is 11.1. The fraction of sp³-hybridized carbons (Fsp3) is 0.312. The summed E-state index contributed by atoms with van der Waals surface area (Å²) in [5, 5.41) is 6.74. The molecule has 2 N–H and O–H groups in total. The number of nitrogens with one attached hydrogen (secondary N) is 2. The van der Waals surface area contributed by atoms with Crippen LogP contribution in [-0.2, 0) is 0 Å². The zero-order chi connectivity index (χ0) is 16.2. The van der Waals surface area contributed by atoms with Gasteiger partial charge in [0.05, 0.1) is 28.1 Å². The van der Waals surface area contributed by atoms with Gasteiger partial charge >= 0.3 is 0 Å². The van der Waals surface area contributed by atoms with Crippen LogP contribution < -0.4 is 10.6 Å². The molecule has 0 saturated heterocycles. The number of anilines is 2. The molecule has 5 nitrogen and oxygen atoms in total. The van der Waals surface area contributed by atoms with Crippen molar-refractivity contribution < 1.29 is 4.79 Å². The molecule has 1 aromatic carbocycles. The first-order valence-corrected chi connectivity index (χ1v) is 8.23. The highest BCUT2D eigenvalue weighted by Gasteiger charge is 2.16. The number of hydrogen-bond acceptors (Lipinski definition) is 4. The van der Waals surface area contributed by atoms with Gasteiger partial charge in [0.25, 0.3) is 5.91 Å². The van der Waals surface area contributed by atoms with Crippen LogP contribution in [0.15, 0.2) is 30.6 Å². The van der Waals surface area contributed by atoms with Crippen LogP contribution in [0.2, 0.25) is 10.0 Å². The molecule has 1 amide bonds. The lowest BCUT2D eigenvalue weighted by Crippen LogP contribution is -2.18. The quantitative estimate of drug-likeness (QED) is 0.857. The Kier molecular flexibility index (Phi) is 4.98. The number of benzene rings is 1. The van der Waals surface area contributed by atoms with E-state index >= 15 is 0 Å². The Morgan fingerprint density at radius 3 is 2.39 bits per heavy atom. The summed E-state index contributed by atoms with van der Waals surface area (Å²) in [5.41, 5.74) is 0.578. The molecule has 120 valence electrons. The minimum Gasteiger partial charge on any atom is -0.366 e. The van der Waals surface area contributed by atoms with Crippen molar-refractivity contribution in [3.05, 3.63) is 46.3 Å². The van der Waals surface area contributed by atoms with E-state index in [1.54, 1.807) is 24.4 Å². The van der Waals surface area contributed by atoms with Gasteiger partial charge in [-0.15, -0.1) is 0 Å². The second-order valence-corrected chi connectivity index (χ2v) is 6.28. The minimum absolute atomic E-state index is 0.206. The highest BCUT2D eigenvalue weighted by molar-refractivity contribution is 6.39. The van der Waals surface area contributed by atoms with Crippen LogP contribution in [0.4, 0.5) is 11.5 Å². The first kappa shape index (κ1) is 16.0. The van der Waals surface area contributed by atoms with Crippen LogP contribution in [0.5, 0.6) is 0 Å². The zero-order valence-corrected chi connectivity index (χ0v) is 13.9. The van der Waals surface area contributed by atoms with Crippen molar-refractivity contribution in [1.82, 2.24) is 9.97 Å². The third kappa shape index (κ3) is 3.92. The molecular formula is C16H16Cl2N4O. The number of aromatic nitrogens is 2. The third-order valence-electron chi connectivity index (χ3n) is 3.79. The lowest BCUT2D eigenvalue weighted by atomic mass is 10.2. The number of para-hydroxylation sites is 1. The van der Waals surface area contributed by atoms with Crippen molar-refractivity contribution in [2.75, 3.05) is 10.6 Å². The van der Waals surface area contributed by atoms with Gasteiger partial charge < -0.3 is 10.6 Å². The molecule has 0 atom stereocenters. The summed E-state index contributed by atoms with van der Waals surface area (Å²) < 4.78 is 0. The SMILES string of the molecule is O=C(Nc1c(Cl)cccc1Cl)c1cnc(NC2CCCC2)cn1. The number of carbonyl (C=O) groups is 1. The van der Waals surface area contributed by atoms with Crippen molar-refractivity contribution >= 4 is 40.6 Å². The first-order valence-electron chi connectivity index (χ1n) is 7.47. The maximum absolute atomic E-state index is 12.2. The third-order valence-corrected chi connectivity index (χ3v) is 4.42. The molecule has 1 aromatic heterocycles. The second kappa shape index (κ2) is 7.15. The van der Waals surface area contributed by atoms with E-state index in [0.29, 0.717) is 27.6 Å². The summed E-state index contributed by atoms with van der Waals surface area (Å²) in [6.45, 7) is 0. The molecule has 1 saturated carbocycles. The van der Waals surface area contributed by atoms with Crippen molar-refractivity contribution in [1.29, 1.82) is 0 Å². The molecule has 1 heterocycles. The van der Waals surface area contributed by atoms with Gasteiger partial charge in [-0.1, -0.05) is 42.1 Å². The minimum atomic E-state index is -0.403. The molecule has 0 unspecified atom stereocenters. The zero-order valence-electron chi connectivity index (χ0n) is 12.4. The van der Waals surface area contributed by atoms with Crippen molar-refractivity contribution in [2.45, 2.75) is 31.7 Å². The van der Waals surface area contributed by atoms with Gasteiger partial charge in [0, 0.05) is 6.04 Å². The summed E-state index contributed by atoms with van der Waals surface area (Å²) in [6, 6.07) is 5.47. The van der Waals surface area contributed by atoms with Crippen LogP contribution >= 0.6 is 23.2 Å². The topological polar surface area (TPSA) is 66.9 Å². The van der Waals surface area contributed by atoms with Crippen molar-refractivity contribution in [2.24, 2.45) is 0 Å². The largest absolute Gasteiger partial charge is 0.366 e. The van der Waals surface area contributed by atoms with E-state index in [2.05, 4.69) is 20.6 Å². The molecule has 1 aliphatic rings. The summed E-state index contributed by atoms with van der Waals surface area (Å²) in [4.78, 5) is 20.6. The Morgan fingerprint density at radius 1 is 1.09 bits per heavy atom. The summed E-state index contributed by atoms with van der Waals surface area (Å²) in [5.74, 6) is 0.282. The summed E-state index contributed by atoms with van der Waals surface area (Å²) >= 11 is 12.1. The Labute approximate surface area is 144 Å². The number of amides is 1. The monoisotopic (exact) mass is 350 g/mol. The van der Waals surface area contributed by atoms with E-state index in [0.717, 1.165) is 12.8 Å². The Hall–Kier alpha value is -1.85. The number of halogens is 2. The highest BCUT2D eigenvalue weighted by atomic mass is 35.5. The van der Waals surface area contributed by atoms with Crippen LogP contribution in [-0.4, -0.2) is 21.9 Å². The van der Waals surface area contributed by atoms with Gasteiger partial charge in [0.15, 0.2) is 0 Å². The molecule has 0 aliphatic heterocycles. The molecule has 1 aliphatic carbocycles. The fourth-order valence-electron chi connectivity index (χ4n) is 2.59. The highest BCUT2D eigenvalue weighted by Crippen LogP contribution is 2.30. The van der Waals surface area contributed by atoms with E-state index < -0.39 is 5.91 Å². The molecule has 2 aromatic rings. The van der Waals surface area contributed by atoms with E-state index in [1.807, 2.05) is 0 Å². The second-order valence-electron chi connectivity index (χ2n) is 5.46.